The standard InChI is InChI=1S/C13H15NO4S/c15-12(14-10(4-6-19)13(16)17)9-1-2-11-8(7-9)3-5-18-11/h1-2,7,10,19H,3-6H2,(H,14,15)(H,16,17). The Morgan fingerprint density at radius 1 is 1.47 bits per heavy atom. The number of rotatable bonds is 5. The lowest BCUT2D eigenvalue weighted by Crippen LogP contribution is -2.41. The molecule has 1 aliphatic rings. The number of benzene rings is 1. The molecule has 0 spiro atoms. The van der Waals surface area contributed by atoms with Crippen molar-refractivity contribution in [2.24, 2.45) is 0 Å². The highest BCUT2D eigenvalue weighted by Gasteiger charge is 2.21. The van der Waals surface area contributed by atoms with Crippen molar-refractivity contribution in [2.75, 3.05) is 12.4 Å². The molecular weight excluding hydrogens is 266 g/mol. The zero-order valence-electron chi connectivity index (χ0n) is 10.3. The zero-order valence-corrected chi connectivity index (χ0v) is 11.2. The third-order valence-corrected chi connectivity index (χ3v) is 3.23. The summed E-state index contributed by atoms with van der Waals surface area (Å²) in [5.41, 5.74) is 1.43. The van der Waals surface area contributed by atoms with E-state index < -0.39 is 12.0 Å². The molecule has 2 rings (SSSR count). The van der Waals surface area contributed by atoms with Crippen molar-refractivity contribution in [1.82, 2.24) is 5.32 Å². The number of carbonyl (C=O) groups excluding carboxylic acids is 1. The summed E-state index contributed by atoms with van der Waals surface area (Å²) in [5, 5.41) is 11.5. The number of fused-ring (bicyclic) bond motifs is 1. The number of amides is 1. The molecule has 6 heteroatoms. The van der Waals surface area contributed by atoms with Gasteiger partial charge in [0, 0.05) is 12.0 Å². The molecule has 0 fully saturated rings. The highest BCUT2D eigenvalue weighted by molar-refractivity contribution is 7.80. The largest absolute Gasteiger partial charge is 0.493 e. The van der Waals surface area contributed by atoms with Crippen LogP contribution in [-0.4, -0.2) is 35.4 Å². The first-order chi connectivity index (χ1) is 9.11. The van der Waals surface area contributed by atoms with Crippen LogP contribution in [0.25, 0.3) is 0 Å². The lowest BCUT2D eigenvalue weighted by molar-refractivity contribution is -0.139. The van der Waals surface area contributed by atoms with Gasteiger partial charge in [-0.25, -0.2) is 4.79 Å². The number of aliphatic carboxylic acids is 1. The number of thiol groups is 1. The summed E-state index contributed by atoms with van der Waals surface area (Å²) >= 11 is 3.99. The van der Waals surface area contributed by atoms with Gasteiger partial charge < -0.3 is 15.2 Å². The molecule has 0 aliphatic carbocycles. The third kappa shape index (κ3) is 3.20. The molecule has 19 heavy (non-hydrogen) atoms. The first kappa shape index (κ1) is 13.7. The number of carboxylic acid groups (broad SMARTS) is 1. The maximum atomic E-state index is 12.0. The summed E-state index contributed by atoms with van der Waals surface area (Å²) < 4.78 is 5.36. The third-order valence-electron chi connectivity index (χ3n) is 2.97. The van der Waals surface area contributed by atoms with Gasteiger partial charge in [0.15, 0.2) is 0 Å². The van der Waals surface area contributed by atoms with Gasteiger partial charge in [0.05, 0.1) is 6.61 Å². The van der Waals surface area contributed by atoms with Gasteiger partial charge in [0.25, 0.3) is 5.91 Å². The van der Waals surface area contributed by atoms with Crippen LogP contribution in [0.2, 0.25) is 0 Å². The van der Waals surface area contributed by atoms with Crippen molar-refractivity contribution in [2.45, 2.75) is 18.9 Å². The highest BCUT2D eigenvalue weighted by atomic mass is 32.1. The number of carboxylic acids is 1. The van der Waals surface area contributed by atoms with Gasteiger partial charge in [0.1, 0.15) is 11.8 Å². The highest BCUT2D eigenvalue weighted by Crippen LogP contribution is 2.25. The predicted molar refractivity (Wildman–Crippen MR) is 73.0 cm³/mol. The maximum Gasteiger partial charge on any atom is 0.326 e. The molecule has 1 heterocycles. The number of carbonyl (C=O) groups is 2. The SMILES string of the molecule is O=C(NC(CCS)C(=O)O)c1ccc2c(c1)CCO2. The van der Waals surface area contributed by atoms with Crippen molar-refractivity contribution in [1.29, 1.82) is 0 Å². The summed E-state index contributed by atoms with van der Waals surface area (Å²) in [6, 6.07) is 4.22. The smallest absolute Gasteiger partial charge is 0.326 e. The Kier molecular flexibility index (Phi) is 4.31. The zero-order chi connectivity index (χ0) is 13.8. The molecule has 2 N–H and O–H groups in total. The van der Waals surface area contributed by atoms with Gasteiger partial charge in [-0.1, -0.05) is 0 Å². The molecule has 1 aromatic carbocycles. The Morgan fingerprint density at radius 2 is 2.26 bits per heavy atom. The molecule has 102 valence electrons. The Balaban J connectivity index is 2.09. The average molecular weight is 281 g/mol. The molecule has 0 aromatic heterocycles. The summed E-state index contributed by atoms with van der Waals surface area (Å²) in [6.07, 6.45) is 1.06. The quantitative estimate of drug-likeness (QED) is 0.707. The van der Waals surface area contributed by atoms with Crippen molar-refractivity contribution in [3.05, 3.63) is 29.3 Å². The average Bonchev–Trinajstić information content (AvgIpc) is 2.85. The fraction of sp³-hybridized carbons (Fsp3) is 0.385. The molecule has 0 saturated heterocycles. The first-order valence-electron chi connectivity index (χ1n) is 6.02. The first-order valence-corrected chi connectivity index (χ1v) is 6.65. The summed E-state index contributed by atoms with van der Waals surface area (Å²) in [5.74, 6) is -0.243. The van der Waals surface area contributed by atoms with Gasteiger partial charge in [-0.15, -0.1) is 0 Å². The minimum Gasteiger partial charge on any atom is -0.493 e. The Bertz CT molecular complexity index is 503. The van der Waals surface area contributed by atoms with Gasteiger partial charge >= 0.3 is 5.97 Å². The number of nitrogens with one attached hydrogen (secondary N) is 1. The molecule has 1 atom stereocenters. The van der Waals surface area contributed by atoms with E-state index in [0.717, 1.165) is 17.7 Å². The van der Waals surface area contributed by atoms with E-state index in [9.17, 15) is 9.59 Å². The maximum absolute atomic E-state index is 12.0. The second kappa shape index (κ2) is 5.97. The van der Waals surface area contributed by atoms with Crippen LogP contribution < -0.4 is 10.1 Å². The van der Waals surface area contributed by atoms with Crippen LogP contribution >= 0.6 is 12.6 Å². The van der Waals surface area contributed by atoms with E-state index in [0.29, 0.717) is 17.9 Å². The molecule has 0 radical (unpaired) electrons. The lowest BCUT2D eigenvalue weighted by Gasteiger charge is -2.13. The van der Waals surface area contributed by atoms with Crippen molar-refractivity contribution in [3.8, 4) is 5.75 Å². The van der Waals surface area contributed by atoms with E-state index in [1.165, 1.54) is 0 Å². The molecule has 5 nitrogen and oxygen atoms in total. The topological polar surface area (TPSA) is 75.6 Å². The van der Waals surface area contributed by atoms with Crippen LogP contribution in [0, 0.1) is 0 Å². The van der Waals surface area contributed by atoms with E-state index in [2.05, 4.69) is 17.9 Å². The monoisotopic (exact) mass is 281 g/mol. The number of hydrogen-bond acceptors (Lipinski definition) is 4. The molecule has 1 aliphatic heterocycles. The minimum absolute atomic E-state index is 0.290. The Hall–Kier alpha value is -1.69. The normalized spacial score (nSPS) is 14.4. The summed E-state index contributed by atoms with van der Waals surface area (Å²) in [6.45, 7) is 0.623. The molecular formula is C13H15NO4S. The van der Waals surface area contributed by atoms with Crippen LogP contribution in [-0.2, 0) is 11.2 Å². The lowest BCUT2D eigenvalue weighted by atomic mass is 10.1. The van der Waals surface area contributed by atoms with Gasteiger partial charge in [-0.05, 0) is 35.9 Å². The fourth-order valence-corrected chi connectivity index (χ4v) is 2.21. The minimum atomic E-state index is -1.05. The number of hydrogen-bond donors (Lipinski definition) is 3. The van der Waals surface area contributed by atoms with Crippen LogP contribution in [0.1, 0.15) is 22.3 Å². The van der Waals surface area contributed by atoms with Gasteiger partial charge in [0.2, 0.25) is 0 Å². The Labute approximate surface area is 116 Å². The van der Waals surface area contributed by atoms with Crippen LogP contribution in [0.5, 0.6) is 5.75 Å². The summed E-state index contributed by atoms with van der Waals surface area (Å²) in [4.78, 5) is 23.0. The second-order valence-electron chi connectivity index (χ2n) is 4.30. The van der Waals surface area contributed by atoms with E-state index in [1.54, 1.807) is 18.2 Å². The molecule has 1 aromatic rings. The second-order valence-corrected chi connectivity index (χ2v) is 4.74. The van der Waals surface area contributed by atoms with Crippen LogP contribution in [0.4, 0.5) is 0 Å². The summed E-state index contributed by atoms with van der Waals surface area (Å²) in [7, 11) is 0. The van der Waals surface area contributed by atoms with Crippen molar-refractivity contribution >= 4 is 24.5 Å². The molecule has 0 bridgehead atoms. The number of ether oxygens (including phenoxy) is 1. The van der Waals surface area contributed by atoms with E-state index >= 15 is 0 Å². The fourth-order valence-electron chi connectivity index (χ4n) is 1.96. The predicted octanol–water partition coefficient (Wildman–Crippen LogP) is 1.12. The van der Waals surface area contributed by atoms with Gasteiger partial charge in [-0.3, -0.25) is 4.79 Å². The molecule has 0 saturated carbocycles. The van der Waals surface area contributed by atoms with Crippen LogP contribution in [0.15, 0.2) is 18.2 Å². The molecule has 1 amide bonds. The van der Waals surface area contributed by atoms with Gasteiger partial charge in [-0.2, -0.15) is 12.6 Å². The van der Waals surface area contributed by atoms with E-state index in [4.69, 9.17) is 9.84 Å². The van der Waals surface area contributed by atoms with Crippen LogP contribution in [0.3, 0.4) is 0 Å². The molecule has 1 unspecified atom stereocenters. The van der Waals surface area contributed by atoms with Crippen molar-refractivity contribution < 1.29 is 19.4 Å². The Morgan fingerprint density at radius 3 is 2.95 bits per heavy atom. The van der Waals surface area contributed by atoms with E-state index in [-0.39, 0.29) is 12.3 Å². The van der Waals surface area contributed by atoms with Crippen molar-refractivity contribution in [3.63, 3.8) is 0 Å². The van der Waals surface area contributed by atoms with E-state index in [1.807, 2.05) is 0 Å².